The van der Waals surface area contributed by atoms with Crippen molar-refractivity contribution in [3.63, 3.8) is 0 Å². The zero-order chi connectivity index (χ0) is 13.1. The van der Waals surface area contributed by atoms with E-state index >= 15 is 0 Å². The van der Waals surface area contributed by atoms with E-state index in [1.54, 1.807) is 37.3 Å². The van der Waals surface area contributed by atoms with Crippen molar-refractivity contribution < 1.29 is 4.74 Å². The first-order valence-corrected chi connectivity index (χ1v) is 5.56. The first-order chi connectivity index (χ1) is 8.56. The van der Waals surface area contributed by atoms with Crippen molar-refractivity contribution >= 4 is 17.4 Å². The minimum absolute atomic E-state index is 0.119. The summed E-state index contributed by atoms with van der Waals surface area (Å²) in [4.78, 5) is 8.14. The third-order valence-corrected chi connectivity index (χ3v) is 2.46. The minimum atomic E-state index is -0.135. The lowest BCUT2D eigenvalue weighted by Crippen LogP contribution is -2.14. The monoisotopic (exact) mass is 262 g/mol. The summed E-state index contributed by atoms with van der Waals surface area (Å²) in [6, 6.07) is 8.74. The van der Waals surface area contributed by atoms with Crippen LogP contribution in [0.5, 0.6) is 11.8 Å². The summed E-state index contributed by atoms with van der Waals surface area (Å²) >= 11 is 5.97. The van der Waals surface area contributed by atoms with E-state index in [1.807, 2.05) is 0 Å². The lowest BCUT2D eigenvalue weighted by molar-refractivity contribution is 0.440. The molecule has 0 amide bonds. The Morgan fingerprint density at radius 3 is 2.72 bits per heavy atom. The Kier molecular flexibility index (Phi) is 3.43. The van der Waals surface area contributed by atoms with E-state index in [1.165, 1.54) is 0 Å². The molecule has 0 fully saturated rings. The van der Waals surface area contributed by atoms with Crippen LogP contribution >= 0.6 is 11.6 Å². The minimum Gasteiger partial charge on any atom is -0.423 e. The zero-order valence-corrected chi connectivity index (χ0v) is 10.4. The zero-order valence-electron chi connectivity index (χ0n) is 9.64. The maximum Gasteiger partial charge on any atom is 0.322 e. The Labute approximate surface area is 109 Å². The molecule has 2 rings (SSSR count). The first kappa shape index (κ1) is 12.3. The highest BCUT2D eigenvalue weighted by molar-refractivity contribution is 6.32. The average molecular weight is 263 g/mol. The molecule has 0 aliphatic carbocycles. The van der Waals surface area contributed by atoms with Crippen molar-refractivity contribution in [2.24, 2.45) is 5.73 Å². The second-order valence-corrected chi connectivity index (χ2v) is 4.03. The van der Waals surface area contributed by atoms with Gasteiger partial charge in [0, 0.05) is 5.69 Å². The highest BCUT2D eigenvalue weighted by atomic mass is 35.5. The number of aryl methyl sites for hydroxylation is 1. The molecule has 0 radical (unpaired) electrons. The Morgan fingerprint density at radius 1 is 1.33 bits per heavy atom. The van der Waals surface area contributed by atoms with Gasteiger partial charge in [0.05, 0.1) is 5.02 Å². The van der Waals surface area contributed by atoms with E-state index in [0.29, 0.717) is 22.2 Å². The van der Waals surface area contributed by atoms with Crippen LogP contribution < -0.4 is 10.5 Å². The van der Waals surface area contributed by atoms with E-state index in [-0.39, 0.29) is 11.8 Å². The van der Waals surface area contributed by atoms with Gasteiger partial charge in [0.1, 0.15) is 17.3 Å². The molecule has 0 saturated heterocycles. The number of nitrogens with two attached hydrogens (primary N) is 1. The van der Waals surface area contributed by atoms with Crippen LogP contribution in [-0.2, 0) is 0 Å². The van der Waals surface area contributed by atoms with Crippen LogP contribution in [0.15, 0.2) is 30.3 Å². The normalized spacial score (nSPS) is 10.1. The molecule has 92 valence electrons. The van der Waals surface area contributed by atoms with Crippen LogP contribution in [-0.4, -0.2) is 15.8 Å². The highest BCUT2D eigenvalue weighted by Crippen LogP contribution is 2.27. The molecular formula is C12H11ClN4O. The fraction of sp³-hybridized carbons (Fsp3) is 0.0833. The van der Waals surface area contributed by atoms with E-state index in [9.17, 15) is 0 Å². The average Bonchev–Trinajstić information content (AvgIpc) is 2.31. The fourth-order valence-corrected chi connectivity index (χ4v) is 1.53. The van der Waals surface area contributed by atoms with Crippen molar-refractivity contribution in [1.29, 1.82) is 5.41 Å². The van der Waals surface area contributed by atoms with Gasteiger partial charge in [-0.3, -0.25) is 5.41 Å². The lowest BCUT2D eigenvalue weighted by Gasteiger charge is -2.07. The molecule has 0 unspecified atom stereocenters. The van der Waals surface area contributed by atoms with Gasteiger partial charge in [0.2, 0.25) is 0 Å². The number of nitrogen functional groups attached to an aromatic ring is 1. The van der Waals surface area contributed by atoms with Crippen LogP contribution in [0.25, 0.3) is 0 Å². The van der Waals surface area contributed by atoms with E-state index in [2.05, 4.69) is 9.97 Å². The van der Waals surface area contributed by atoms with Gasteiger partial charge < -0.3 is 10.5 Å². The van der Waals surface area contributed by atoms with Gasteiger partial charge in [0.15, 0.2) is 0 Å². The van der Waals surface area contributed by atoms with Crippen LogP contribution in [0.4, 0.5) is 0 Å². The number of rotatable bonds is 3. The van der Waals surface area contributed by atoms with Crippen LogP contribution in [0.1, 0.15) is 11.4 Å². The number of aromatic nitrogens is 2. The largest absolute Gasteiger partial charge is 0.423 e. The number of hydrogen-bond donors (Lipinski definition) is 2. The first-order valence-electron chi connectivity index (χ1n) is 5.19. The topological polar surface area (TPSA) is 84.9 Å². The summed E-state index contributed by atoms with van der Waals surface area (Å²) in [5.74, 6) is 0.323. The van der Waals surface area contributed by atoms with Gasteiger partial charge in [-0.1, -0.05) is 23.7 Å². The quantitative estimate of drug-likeness (QED) is 0.657. The number of nitrogens with zero attached hydrogens (tertiary/aromatic N) is 2. The predicted molar refractivity (Wildman–Crippen MR) is 69.3 cm³/mol. The summed E-state index contributed by atoms with van der Waals surface area (Å²) in [7, 11) is 0. The standard InChI is InChI=1S/C12H11ClN4O/c1-7-6-9(11(14)15)17-12(16-7)18-10-5-3-2-4-8(10)13/h2-6H,1H3,(H3,14,15). The molecular weight excluding hydrogens is 252 g/mol. The summed E-state index contributed by atoms with van der Waals surface area (Å²) < 4.78 is 5.47. The van der Waals surface area contributed by atoms with Crippen molar-refractivity contribution in [3.05, 3.63) is 46.7 Å². The summed E-state index contributed by atoms with van der Waals surface area (Å²) in [6.07, 6.45) is 0. The van der Waals surface area contributed by atoms with Gasteiger partial charge in [-0.05, 0) is 25.1 Å². The molecule has 3 N–H and O–H groups in total. The van der Waals surface area contributed by atoms with Gasteiger partial charge >= 0.3 is 6.01 Å². The number of amidine groups is 1. The third-order valence-electron chi connectivity index (χ3n) is 2.15. The van der Waals surface area contributed by atoms with Crippen molar-refractivity contribution in [1.82, 2.24) is 9.97 Å². The maximum absolute atomic E-state index is 7.36. The third kappa shape index (κ3) is 2.75. The van der Waals surface area contributed by atoms with Crippen LogP contribution in [0, 0.1) is 12.3 Å². The van der Waals surface area contributed by atoms with Gasteiger partial charge in [-0.2, -0.15) is 4.98 Å². The molecule has 0 saturated carbocycles. The van der Waals surface area contributed by atoms with Crippen molar-refractivity contribution in [3.8, 4) is 11.8 Å². The van der Waals surface area contributed by atoms with Crippen LogP contribution in [0.2, 0.25) is 5.02 Å². The van der Waals surface area contributed by atoms with Gasteiger partial charge in [0.25, 0.3) is 0 Å². The molecule has 0 aliphatic rings. The molecule has 1 aromatic heterocycles. The summed E-state index contributed by atoms with van der Waals surface area (Å²) in [6.45, 7) is 1.77. The molecule has 5 nitrogen and oxygen atoms in total. The fourth-order valence-electron chi connectivity index (χ4n) is 1.35. The number of para-hydroxylation sites is 1. The number of halogens is 1. The Hall–Kier alpha value is -2.14. The number of nitrogens with one attached hydrogen (secondary N) is 1. The predicted octanol–water partition coefficient (Wildman–Crippen LogP) is 2.51. The second-order valence-electron chi connectivity index (χ2n) is 3.62. The molecule has 6 heteroatoms. The molecule has 0 bridgehead atoms. The number of benzene rings is 1. The molecule has 1 heterocycles. The molecule has 0 spiro atoms. The van der Waals surface area contributed by atoms with Crippen LogP contribution in [0.3, 0.4) is 0 Å². The van der Waals surface area contributed by atoms with Gasteiger partial charge in [-0.15, -0.1) is 0 Å². The van der Waals surface area contributed by atoms with E-state index in [4.69, 9.17) is 27.5 Å². The number of hydrogen-bond acceptors (Lipinski definition) is 4. The Morgan fingerprint density at radius 2 is 2.06 bits per heavy atom. The van der Waals surface area contributed by atoms with E-state index < -0.39 is 0 Å². The molecule has 18 heavy (non-hydrogen) atoms. The number of ether oxygens (including phenoxy) is 1. The van der Waals surface area contributed by atoms with Crippen molar-refractivity contribution in [2.45, 2.75) is 6.92 Å². The van der Waals surface area contributed by atoms with E-state index in [0.717, 1.165) is 0 Å². The molecule has 2 aromatic rings. The lowest BCUT2D eigenvalue weighted by atomic mass is 10.3. The molecule has 1 aromatic carbocycles. The van der Waals surface area contributed by atoms with Crippen molar-refractivity contribution in [2.75, 3.05) is 0 Å². The SMILES string of the molecule is Cc1cc(C(=N)N)nc(Oc2ccccc2Cl)n1. The summed E-state index contributed by atoms with van der Waals surface area (Å²) in [5, 5.41) is 7.82. The van der Waals surface area contributed by atoms with Gasteiger partial charge in [-0.25, -0.2) is 4.98 Å². The summed E-state index contributed by atoms with van der Waals surface area (Å²) in [5.41, 5.74) is 6.37. The highest BCUT2D eigenvalue weighted by Gasteiger charge is 2.08. The molecule has 0 atom stereocenters. The second kappa shape index (κ2) is 5.01. The maximum atomic E-state index is 7.36. The molecule has 0 aliphatic heterocycles. The smallest absolute Gasteiger partial charge is 0.322 e. The Balaban J connectivity index is 2.35. The Bertz CT molecular complexity index is 600.